The highest BCUT2D eigenvalue weighted by molar-refractivity contribution is 9.10. The molecule has 1 heterocycles. The van der Waals surface area contributed by atoms with Gasteiger partial charge in [0, 0.05) is 5.92 Å². The minimum absolute atomic E-state index is 0.179. The lowest BCUT2D eigenvalue weighted by Gasteiger charge is -1.97. The molecule has 0 amide bonds. The first-order valence-corrected chi connectivity index (χ1v) is 4.36. The van der Waals surface area contributed by atoms with E-state index in [-0.39, 0.29) is 11.5 Å². The summed E-state index contributed by atoms with van der Waals surface area (Å²) >= 11 is 3.08. The largest absolute Gasteiger partial charge is 0.312 e. The molecule has 0 saturated heterocycles. The Bertz CT molecular complexity index is 365. The zero-order valence-corrected chi connectivity index (χ0v) is 7.64. The number of H-pyrrole nitrogens is 1. The van der Waals surface area contributed by atoms with E-state index < -0.39 is 6.17 Å². The summed E-state index contributed by atoms with van der Waals surface area (Å²) in [6.07, 6.45) is 0.957. The van der Waals surface area contributed by atoms with Gasteiger partial charge in [-0.1, -0.05) is 0 Å². The van der Waals surface area contributed by atoms with Crippen molar-refractivity contribution in [2.45, 2.75) is 18.5 Å². The molecule has 1 saturated carbocycles. The Labute approximate surface area is 76.2 Å². The fraction of sp³-hybridized carbons (Fsp3) is 0.429. The number of nitrogens with zero attached hydrogens (tertiary/aromatic N) is 1. The second-order valence-corrected chi connectivity index (χ2v) is 3.58. The van der Waals surface area contributed by atoms with E-state index in [9.17, 15) is 9.18 Å². The molecule has 2 rings (SSSR count). The van der Waals surface area contributed by atoms with E-state index >= 15 is 0 Å². The number of hydrogen-bond acceptors (Lipinski definition) is 2. The minimum Gasteiger partial charge on any atom is -0.312 e. The van der Waals surface area contributed by atoms with E-state index in [1.165, 1.54) is 6.33 Å². The second-order valence-electron chi connectivity index (χ2n) is 2.79. The molecule has 1 aliphatic rings. The van der Waals surface area contributed by atoms with Gasteiger partial charge in [-0.15, -0.1) is 0 Å². The Morgan fingerprint density at radius 3 is 3.00 bits per heavy atom. The maximum atomic E-state index is 12.6. The van der Waals surface area contributed by atoms with Crippen molar-refractivity contribution in [3.05, 3.63) is 26.8 Å². The van der Waals surface area contributed by atoms with Crippen LogP contribution in [0.25, 0.3) is 0 Å². The summed E-state index contributed by atoms with van der Waals surface area (Å²) in [6, 6.07) is 0. The number of halogens is 2. The average molecular weight is 233 g/mol. The molecular weight excluding hydrogens is 227 g/mol. The Hall–Kier alpha value is -0.710. The van der Waals surface area contributed by atoms with Gasteiger partial charge >= 0.3 is 0 Å². The number of rotatable bonds is 1. The first-order chi connectivity index (χ1) is 5.70. The van der Waals surface area contributed by atoms with Crippen LogP contribution in [0.5, 0.6) is 0 Å². The van der Waals surface area contributed by atoms with E-state index in [4.69, 9.17) is 0 Å². The zero-order valence-electron chi connectivity index (χ0n) is 6.05. The van der Waals surface area contributed by atoms with Crippen molar-refractivity contribution in [2.75, 3.05) is 0 Å². The van der Waals surface area contributed by atoms with Gasteiger partial charge in [0.05, 0.1) is 12.0 Å². The first-order valence-electron chi connectivity index (χ1n) is 3.57. The van der Waals surface area contributed by atoms with Gasteiger partial charge in [0.1, 0.15) is 10.6 Å². The molecule has 12 heavy (non-hydrogen) atoms. The molecule has 1 aromatic heterocycles. The Morgan fingerprint density at radius 1 is 1.75 bits per heavy atom. The van der Waals surface area contributed by atoms with E-state index in [0.717, 1.165) is 0 Å². The second kappa shape index (κ2) is 2.65. The number of aromatic amines is 1. The van der Waals surface area contributed by atoms with Crippen LogP contribution in [0.15, 0.2) is 15.6 Å². The number of alkyl halides is 1. The normalized spacial score (nSPS) is 27.2. The van der Waals surface area contributed by atoms with Crippen molar-refractivity contribution in [1.29, 1.82) is 0 Å². The summed E-state index contributed by atoms with van der Waals surface area (Å²) in [5.74, 6) is -0.179. The van der Waals surface area contributed by atoms with E-state index in [0.29, 0.717) is 16.6 Å². The molecule has 0 radical (unpaired) electrons. The maximum absolute atomic E-state index is 12.6. The lowest BCUT2D eigenvalue weighted by atomic mass is 10.3. The molecule has 1 aromatic rings. The van der Waals surface area contributed by atoms with Crippen LogP contribution in [0, 0.1) is 0 Å². The third-order valence-electron chi connectivity index (χ3n) is 1.89. The number of aromatic nitrogens is 2. The van der Waals surface area contributed by atoms with Crippen molar-refractivity contribution < 1.29 is 4.39 Å². The van der Waals surface area contributed by atoms with Crippen LogP contribution >= 0.6 is 15.9 Å². The van der Waals surface area contributed by atoms with Gasteiger partial charge in [-0.2, -0.15) is 0 Å². The molecule has 1 N–H and O–H groups in total. The molecule has 5 heteroatoms. The third-order valence-corrected chi connectivity index (χ3v) is 2.65. The minimum atomic E-state index is -0.824. The molecule has 0 bridgehead atoms. The monoisotopic (exact) mass is 232 g/mol. The fourth-order valence-corrected chi connectivity index (χ4v) is 1.61. The Kier molecular flexibility index (Phi) is 1.75. The zero-order chi connectivity index (χ0) is 8.72. The highest BCUT2D eigenvalue weighted by Crippen LogP contribution is 2.43. The maximum Gasteiger partial charge on any atom is 0.265 e. The van der Waals surface area contributed by atoms with Crippen LogP contribution in [0.3, 0.4) is 0 Å². The van der Waals surface area contributed by atoms with Crippen molar-refractivity contribution in [1.82, 2.24) is 9.97 Å². The lowest BCUT2D eigenvalue weighted by molar-refractivity contribution is 0.466. The van der Waals surface area contributed by atoms with Gasteiger partial charge in [-0.25, -0.2) is 9.37 Å². The highest BCUT2D eigenvalue weighted by Gasteiger charge is 2.41. The Morgan fingerprint density at radius 2 is 2.42 bits per heavy atom. The molecule has 2 unspecified atom stereocenters. The predicted octanol–water partition coefficient (Wildman–Crippen LogP) is 1.36. The summed E-state index contributed by atoms with van der Waals surface area (Å²) < 4.78 is 13.0. The van der Waals surface area contributed by atoms with Crippen molar-refractivity contribution in [3.63, 3.8) is 0 Å². The van der Waals surface area contributed by atoms with E-state index in [1.807, 2.05) is 0 Å². The van der Waals surface area contributed by atoms with Crippen molar-refractivity contribution in [2.24, 2.45) is 0 Å². The molecule has 1 aliphatic carbocycles. The molecule has 3 nitrogen and oxygen atoms in total. The average Bonchev–Trinajstić information content (AvgIpc) is 2.73. The van der Waals surface area contributed by atoms with Gasteiger partial charge in [-0.3, -0.25) is 4.79 Å². The molecule has 0 aromatic carbocycles. The summed E-state index contributed by atoms with van der Waals surface area (Å²) in [7, 11) is 0. The number of nitrogens with one attached hydrogen (secondary N) is 1. The summed E-state index contributed by atoms with van der Waals surface area (Å²) in [5.41, 5.74) is 0.283. The molecule has 2 atom stereocenters. The van der Waals surface area contributed by atoms with Crippen LogP contribution in [0.2, 0.25) is 0 Å². The van der Waals surface area contributed by atoms with Crippen molar-refractivity contribution >= 4 is 15.9 Å². The molecule has 0 aliphatic heterocycles. The fourth-order valence-electron chi connectivity index (χ4n) is 1.10. The van der Waals surface area contributed by atoms with E-state index in [1.54, 1.807) is 0 Å². The van der Waals surface area contributed by atoms with Crippen molar-refractivity contribution in [3.8, 4) is 0 Å². The van der Waals surface area contributed by atoms with Crippen LogP contribution in [0.4, 0.5) is 4.39 Å². The van der Waals surface area contributed by atoms with Gasteiger partial charge in [-0.05, 0) is 22.4 Å². The van der Waals surface area contributed by atoms with Crippen LogP contribution in [-0.2, 0) is 0 Å². The van der Waals surface area contributed by atoms with Crippen LogP contribution in [-0.4, -0.2) is 16.1 Å². The quantitative estimate of drug-likeness (QED) is 0.795. The topological polar surface area (TPSA) is 45.8 Å². The SMILES string of the molecule is O=c1[nH]cnc(C2CC2F)c1Br. The van der Waals surface area contributed by atoms with Gasteiger partial charge in [0.25, 0.3) is 5.56 Å². The lowest BCUT2D eigenvalue weighted by Crippen LogP contribution is -2.10. The standard InChI is InChI=1S/C7H6BrFN2O/c8-5-6(3-1-4(3)9)10-2-11-7(5)12/h2-4H,1H2,(H,10,11,12). The number of hydrogen-bond donors (Lipinski definition) is 1. The van der Waals surface area contributed by atoms with Crippen LogP contribution < -0.4 is 5.56 Å². The van der Waals surface area contributed by atoms with E-state index in [2.05, 4.69) is 25.9 Å². The molecule has 64 valence electrons. The van der Waals surface area contributed by atoms with Gasteiger partial charge < -0.3 is 4.98 Å². The smallest absolute Gasteiger partial charge is 0.265 e. The predicted molar refractivity (Wildman–Crippen MR) is 44.8 cm³/mol. The van der Waals surface area contributed by atoms with Gasteiger partial charge in [0.15, 0.2) is 0 Å². The summed E-state index contributed by atoms with van der Waals surface area (Å²) in [5, 5.41) is 0. The Balaban J connectivity index is 2.45. The first kappa shape index (κ1) is 7.91. The highest BCUT2D eigenvalue weighted by atomic mass is 79.9. The van der Waals surface area contributed by atoms with Gasteiger partial charge in [0.2, 0.25) is 0 Å². The molecule has 1 fully saturated rings. The molecular formula is C7H6BrFN2O. The summed E-state index contributed by atoms with van der Waals surface area (Å²) in [4.78, 5) is 17.3. The summed E-state index contributed by atoms with van der Waals surface area (Å²) in [6.45, 7) is 0. The molecule has 0 spiro atoms. The van der Waals surface area contributed by atoms with Crippen LogP contribution in [0.1, 0.15) is 18.0 Å². The third kappa shape index (κ3) is 1.18.